The molecule has 186 valence electrons. The van der Waals surface area contributed by atoms with E-state index in [9.17, 15) is 18.0 Å². The van der Waals surface area contributed by atoms with Gasteiger partial charge in [0.15, 0.2) is 5.16 Å². The van der Waals surface area contributed by atoms with Gasteiger partial charge in [-0.15, -0.1) is 17.9 Å². The van der Waals surface area contributed by atoms with Crippen molar-refractivity contribution in [2.75, 3.05) is 25.2 Å². The van der Waals surface area contributed by atoms with Crippen LogP contribution < -0.4 is 10.9 Å². The van der Waals surface area contributed by atoms with E-state index >= 15 is 0 Å². The number of hydrogen-bond acceptors (Lipinski definition) is 7. The van der Waals surface area contributed by atoms with E-state index in [-0.39, 0.29) is 22.1 Å². The molecular weight excluding hydrogens is 504 g/mol. The maximum absolute atomic E-state index is 13.3. The molecule has 2 heterocycles. The third kappa shape index (κ3) is 5.09. The molecule has 35 heavy (non-hydrogen) atoms. The quantitative estimate of drug-likeness (QED) is 0.269. The molecular formula is C24H28N4O4S3. The standard InChI is InChI=1S/C24H28N4O4S3/c1-5-12-28-23(30)21-17-8-6-7-9-19(17)34-22(21)26-24(28)33-14-20(29)25-18-13-16(11-10-15(18)2)35(31,32)27(3)4/h5,10-11,13H,1,6-9,12,14H2,2-4H3,(H,25,29). The minimum absolute atomic E-state index is 0.0181. The summed E-state index contributed by atoms with van der Waals surface area (Å²) in [7, 11) is -0.708. The van der Waals surface area contributed by atoms with Crippen molar-refractivity contribution in [3.8, 4) is 0 Å². The Morgan fingerprint density at radius 1 is 1.31 bits per heavy atom. The van der Waals surface area contributed by atoms with Crippen molar-refractivity contribution < 1.29 is 13.2 Å². The number of thioether (sulfide) groups is 1. The Hall–Kier alpha value is -2.47. The van der Waals surface area contributed by atoms with Crippen LogP contribution in [0.3, 0.4) is 0 Å². The summed E-state index contributed by atoms with van der Waals surface area (Å²) in [6.07, 6.45) is 5.73. The maximum atomic E-state index is 13.3. The van der Waals surface area contributed by atoms with E-state index in [2.05, 4.69) is 11.9 Å². The van der Waals surface area contributed by atoms with Gasteiger partial charge in [0, 0.05) is 31.2 Å². The summed E-state index contributed by atoms with van der Waals surface area (Å²) in [5.41, 5.74) is 2.21. The molecule has 1 aliphatic rings. The van der Waals surface area contributed by atoms with Crippen molar-refractivity contribution in [2.45, 2.75) is 49.2 Å². The van der Waals surface area contributed by atoms with E-state index in [0.29, 0.717) is 22.8 Å². The van der Waals surface area contributed by atoms with Crippen LogP contribution in [-0.2, 0) is 34.2 Å². The van der Waals surface area contributed by atoms with Crippen molar-refractivity contribution >= 4 is 54.9 Å². The van der Waals surface area contributed by atoms with Gasteiger partial charge in [-0.05, 0) is 55.9 Å². The minimum atomic E-state index is -3.63. The van der Waals surface area contributed by atoms with Crippen LogP contribution >= 0.6 is 23.1 Å². The van der Waals surface area contributed by atoms with Gasteiger partial charge in [0.1, 0.15) is 4.83 Å². The molecule has 11 heteroatoms. The second-order valence-corrected chi connectivity index (χ2v) is 12.8. The lowest BCUT2D eigenvalue weighted by Crippen LogP contribution is -2.24. The summed E-state index contributed by atoms with van der Waals surface area (Å²) < 4.78 is 27.6. The molecule has 1 aliphatic carbocycles. The molecule has 0 radical (unpaired) electrons. The zero-order chi connectivity index (χ0) is 25.3. The molecule has 4 rings (SSSR count). The lowest BCUT2D eigenvalue weighted by molar-refractivity contribution is -0.113. The molecule has 0 bridgehead atoms. The summed E-state index contributed by atoms with van der Waals surface area (Å²) >= 11 is 2.76. The Bertz CT molecular complexity index is 1470. The van der Waals surface area contributed by atoms with E-state index in [0.717, 1.165) is 45.9 Å². The van der Waals surface area contributed by atoms with E-state index < -0.39 is 10.0 Å². The number of nitrogens with one attached hydrogen (secondary N) is 1. The number of anilines is 1. The molecule has 0 atom stereocenters. The first kappa shape index (κ1) is 25.6. The van der Waals surface area contributed by atoms with Crippen molar-refractivity contribution in [1.82, 2.24) is 13.9 Å². The number of aromatic nitrogens is 2. The van der Waals surface area contributed by atoms with E-state index in [1.807, 2.05) is 0 Å². The molecule has 1 amide bonds. The molecule has 0 fully saturated rings. The molecule has 0 aliphatic heterocycles. The molecule has 0 saturated carbocycles. The Labute approximate surface area is 213 Å². The fraction of sp³-hybridized carbons (Fsp3) is 0.375. The number of carbonyl (C=O) groups excluding carboxylic acids is 1. The second-order valence-electron chi connectivity index (χ2n) is 8.59. The number of allylic oxidation sites excluding steroid dienone is 1. The van der Waals surface area contributed by atoms with Crippen LogP contribution in [0.1, 0.15) is 28.8 Å². The summed E-state index contributed by atoms with van der Waals surface area (Å²) in [6.45, 7) is 5.87. The number of rotatable bonds is 8. The molecule has 0 spiro atoms. The molecule has 3 aromatic rings. The first-order valence-corrected chi connectivity index (χ1v) is 14.5. The normalized spacial score (nSPS) is 13.7. The van der Waals surface area contributed by atoms with Crippen LogP contribution in [0.15, 0.2) is 45.7 Å². The average molecular weight is 533 g/mol. The molecule has 0 saturated heterocycles. The maximum Gasteiger partial charge on any atom is 0.263 e. The number of sulfonamides is 1. The van der Waals surface area contributed by atoms with Gasteiger partial charge in [0.2, 0.25) is 15.9 Å². The monoisotopic (exact) mass is 532 g/mol. The SMILES string of the molecule is C=CCn1c(SCC(=O)Nc2cc(S(=O)(=O)N(C)C)ccc2C)nc2sc3c(c2c1=O)CCCC3. The van der Waals surface area contributed by atoms with Crippen LogP contribution in [0.25, 0.3) is 10.2 Å². The fourth-order valence-corrected chi connectivity index (χ4v) is 7.08. The van der Waals surface area contributed by atoms with Gasteiger partial charge in [-0.3, -0.25) is 14.2 Å². The lowest BCUT2D eigenvalue weighted by Gasteiger charge is -2.15. The van der Waals surface area contributed by atoms with Crippen LogP contribution in [-0.4, -0.2) is 48.0 Å². The highest BCUT2D eigenvalue weighted by molar-refractivity contribution is 7.99. The zero-order valence-corrected chi connectivity index (χ0v) is 22.4. The summed E-state index contributed by atoms with van der Waals surface area (Å²) in [6, 6.07) is 4.64. The lowest BCUT2D eigenvalue weighted by atomic mass is 9.97. The minimum Gasteiger partial charge on any atom is -0.325 e. The Morgan fingerprint density at radius 2 is 2.06 bits per heavy atom. The summed E-state index contributed by atoms with van der Waals surface area (Å²) in [4.78, 5) is 33.0. The predicted molar refractivity (Wildman–Crippen MR) is 142 cm³/mol. The van der Waals surface area contributed by atoms with Crippen LogP contribution in [0.5, 0.6) is 0 Å². The topological polar surface area (TPSA) is 101 Å². The van der Waals surface area contributed by atoms with Crippen molar-refractivity contribution in [3.63, 3.8) is 0 Å². The molecule has 1 aromatic carbocycles. The molecule has 2 aromatic heterocycles. The average Bonchev–Trinajstić information content (AvgIpc) is 3.19. The van der Waals surface area contributed by atoms with Gasteiger partial charge < -0.3 is 5.32 Å². The number of thiophene rings is 1. The van der Waals surface area contributed by atoms with Gasteiger partial charge in [0.25, 0.3) is 5.56 Å². The highest BCUT2D eigenvalue weighted by Crippen LogP contribution is 2.34. The number of aryl methyl sites for hydroxylation is 3. The van der Waals surface area contributed by atoms with Gasteiger partial charge in [-0.25, -0.2) is 17.7 Å². The van der Waals surface area contributed by atoms with Gasteiger partial charge in [0.05, 0.1) is 16.0 Å². The number of amides is 1. The van der Waals surface area contributed by atoms with Crippen LogP contribution in [0.2, 0.25) is 0 Å². The van der Waals surface area contributed by atoms with Crippen molar-refractivity contribution in [3.05, 3.63) is 57.2 Å². The smallest absolute Gasteiger partial charge is 0.263 e. The van der Waals surface area contributed by atoms with E-state index in [1.165, 1.54) is 42.9 Å². The number of carbonyl (C=O) groups is 1. The third-order valence-corrected chi connectivity index (χ3v) is 9.92. The number of benzene rings is 1. The second kappa shape index (κ2) is 10.3. The Kier molecular flexibility index (Phi) is 7.51. The number of fused-ring (bicyclic) bond motifs is 3. The van der Waals surface area contributed by atoms with Gasteiger partial charge in [-0.1, -0.05) is 23.9 Å². The van der Waals surface area contributed by atoms with Crippen molar-refractivity contribution in [2.24, 2.45) is 0 Å². The zero-order valence-electron chi connectivity index (χ0n) is 20.0. The molecule has 1 N–H and O–H groups in total. The van der Waals surface area contributed by atoms with Gasteiger partial charge in [-0.2, -0.15) is 0 Å². The van der Waals surface area contributed by atoms with Crippen LogP contribution in [0, 0.1) is 6.92 Å². The first-order valence-electron chi connectivity index (χ1n) is 11.2. The highest BCUT2D eigenvalue weighted by Gasteiger charge is 2.23. The molecule has 8 nitrogen and oxygen atoms in total. The summed E-state index contributed by atoms with van der Waals surface area (Å²) in [5, 5.41) is 3.97. The van der Waals surface area contributed by atoms with Crippen molar-refractivity contribution in [1.29, 1.82) is 0 Å². The third-order valence-electron chi connectivity index (χ3n) is 5.95. The largest absolute Gasteiger partial charge is 0.325 e. The van der Waals surface area contributed by atoms with Gasteiger partial charge >= 0.3 is 0 Å². The highest BCUT2D eigenvalue weighted by atomic mass is 32.2. The molecule has 0 unspecified atom stereocenters. The number of nitrogens with zero attached hydrogens (tertiary/aromatic N) is 3. The van der Waals surface area contributed by atoms with Crippen LogP contribution in [0.4, 0.5) is 5.69 Å². The van der Waals surface area contributed by atoms with E-state index in [1.54, 1.807) is 35.0 Å². The van der Waals surface area contributed by atoms with E-state index in [4.69, 9.17) is 4.98 Å². The predicted octanol–water partition coefficient (Wildman–Crippen LogP) is 3.81. The Morgan fingerprint density at radius 3 is 2.77 bits per heavy atom. The Balaban J connectivity index is 1.58. The number of hydrogen-bond donors (Lipinski definition) is 1. The summed E-state index contributed by atoms with van der Waals surface area (Å²) in [5.74, 6) is -0.299. The fourth-order valence-electron chi connectivity index (χ4n) is 4.04. The first-order chi connectivity index (χ1) is 16.6.